The third-order valence-electron chi connectivity index (χ3n) is 3.74. The summed E-state index contributed by atoms with van der Waals surface area (Å²) in [5.41, 5.74) is 1.31. The molecule has 1 fully saturated rings. The Kier molecular flexibility index (Phi) is 4.93. The Morgan fingerprint density at radius 2 is 2.16 bits per heavy atom. The molecule has 1 aromatic rings. The lowest BCUT2D eigenvalue weighted by Gasteiger charge is -2.37. The molecule has 0 amide bonds. The Hall–Kier alpha value is -1.39. The van der Waals surface area contributed by atoms with Gasteiger partial charge in [-0.1, -0.05) is 30.3 Å². The average Bonchev–Trinajstić information content (AvgIpc) is 2.39. The number of benzene rings is 1. The van der Waals surface area contributed by atoms with Crippen molar-refractivity contribution in [2.75, 3.05) is 26.7 Å². The average molecular weight is 262 g/mol. The molecule has 1 heterocycles. The first-order valence-corrected chi connectivity index (χ1v) is 6.83. The van der Waals surface area contributed by atoms with Crippen LogP contribution in [0.25, 0.3) is 0 Å². The molecular weight excluding hydrogens is 240 g/mol. The molecule has 1 aliphatic heterocycles. The molecule has 4 nitrogen and oxygen atoms in total. The van der Waals surface area contributed by atoms with E-state index in [-0.39, 0.29) is 6.54 Å². The first kappa shape index (κ1) is 14.0. The summed E-state index contributed by atoms with van der Waals surface area (Å²) in [6, 6.07) is 10.9. The van der Waals surface area contributed by atoms with Crippen molar-refractivity contribution in [2.24, 2.45) is 0 Å². The van der Waals surface area contributed by atoms with E-state index in [4.69, 9.17) is 5.11 Å². The molecule has 0 bridgehead atoms. The number of likely N-dealkylation sites (N-methyl/N-ethyl adjacent to an activating group) is 1. The number of piperidine rings is 1. The van der Waals surface area contributed by atoms with Gasteiger partial charge in [0.1, 0.15) is 0 Å². The first-order chi connectivity index (χ1) is 9.15. The number of rotatable bonds is 5. The van der Waals surface area contributed by atoms with Gasteiger partial charge in [-0.2, -0.15) is 0 Å². The van der Waals surface area contributed by atoms with Gasteiger partial charge in [-0.05, 0) is 32.0 Å². The second-order valence-electron chi connectivity index (χ2n) is 5.33. The van der Waals surface area contributed by atoms with Gasteiger partial charge in [-0.25, -0.2) is 0 Å². The zero-order chi connectivity index (χ0) is 13.7. The number of aliphatic carboxylic acids is 1. The first-order valence-electron chi connectivity index (χ1n) is 6.83. The maximum Gasteiger partial charge on any atom is 0.317 e. The minimum atomic E-state index is -0.730. The van der Waals surface area contributed by atoms with Crippen molar-refractivity contribution in [3.8, 4) is 0 Å². The Labute approximate surface area is 114 Å². The summed E-state index contributed by atoms with van der Waals surface area (Å²) in [5, 5.41) is 8.87. The molecular formula is C15H22N2O2. The van der Waals surface area contributed by atoms with Gasteiger partial charge in [0.05, 0.1) is 6.54 Å². The molecule has 2 rings (SSSR count). The summed E-state index contributed by atoms with van der Waals surface area (Å²) in [4.78, 5) is 15.2. The summed E-state index contributed by atoms with van der Waals surface area (Å²) in [6.07, 6.45) is 2.23. The van der Waals surface area contributed by atoms with E-state index in [1.54, 1.807) is 0 Å². The van der Waals surface area contributed by atoms with Crippen LogP contribution in [0.2, 0.25) is 0 Å². The van der Waals surface area contributed by atoms with Crippen molar-refractivity contribution >= 4 is 5.97 Å². The normalized spacial score (nSPS) is 20.6. The van der Waals surface area contributed by atoms with Gasteiger partial charge in [-0.3, -0.25) is 14.6 Å². The lowest BCUT2D eigenvalue weighted by molar-refractivity contribution is -0.138. The minimum absolute atomic E-state index is 0.162. The van der Waals surface area contributed by atoms with Crippen molar-refractivity contribution in [3.63, 3.8) is 0 Å². The van der Waals surface area contributed by atoms with Crippen LogP contribution < -0.4 is 0 Å². The van der Waals surface area contributed by atoms with Crippen LogP contribution in [-0.2, 0) is 11.3 Å². The minimum Gasteiger partial charge on any atom is -0.480 e. The molecule has 1 atom stereocenters. The van der Waals surface area contributed by atoms with E-state index in [1.807, 2.05) is 11.0 Å². The number of carbonyl (C=O) groups is 1. The van der Waals surface area contributed by atoms with E-state index >= 15 is 0 Å². The van der Waals surface area contributed by atoms with E-state index < -0.39 is 5.97 Å². The molecule has 0 aromatic heterocycles. The number of nitrogens with zero attached hydrogens (tertiary/aromatic N) is 2. The Morgan fingerprint density at radius 1 is 1.42 bits per heavy atom. The van der Waals surface area contributed by atoms with Crippen molar-refractivity contribution in [2.45, 2.75) is 25.4 Å². The molecule has 1 saturated heterocycles. The predicted molar refractivity (Wildman–Crippen MR) is 75.0 cm³/mol. The number of likely N-dealkylation sites (tertiary alicyclic amines) is 1. The van der Waals surface area contributed by atoms with E-state index in [0.717, 1.165) is 32.5 Å². The third kappa shape index (κ3) is 4.33. The fraction of sp³-hybridized carbons (Fsp3) is 0.533. The highest BCUT2D eigenvalue weighted by Crippen LogP contribution is 2.16. The quantitative estimate of drug-likeness (QED) is 0.876. The molecule has 1 aliphatic rings. The highest BCUT2D eigenvalue weighted by Gasteiger charge is 2.24. The topological polar surface area (TPSA) is 43.8 Å². The zero-order valence-electron chi connectivity index (χ0n) is 11.5. The lowest BCUT2D eigenvalue weighted by atomic mass is 10.0. The predicted octanol–water partition coefficient (Wildman–Crippen LogP) is 1.67. The van der Waals surface area contributed by atoms with Crippen LogP contribution >= 0.6 is 0 Å². The second kappa shape index (κ2) is 6.68. The molecule has 1 aromatic carbocycles. The largest absolute Gasteiger partial charge is 0.480 e. The van der Waals surface area contributed by atoms with Crippen LogP contribution in [0.4, 0.5) is 0 Å². The van der Waals surface area contributed by atoms with Crippen molar-refractivity contribution in [3.05, 3.63) is 35.9 Å². The van der Waals surface area contributed by atoms with Crippen LogP contribution in [0.15, 0.2) is 30.3 Å². The molecule has 0 radical (unpaired) electrons. The molecule has 0 aliphatic carbocycles. The fourth-order valence-electron chi connectivity index (χ4n) is 2.73. The monoisotopic (exact) mass is 262 g/mol. The van der Waals surface area contributed by atoms with Crippen LogP contribution in [0.5, 0.6) is 0 Å². The Balaban J connectivity index is 1.88. The summed E-state index contributed by atoms with van der Waals surface area (Å²) < 4.78 is 0. The zero-order valence-corrected chi connectivity index (χ0v) is 11.5. The summed E-state index contributed by atoms with van der Waals surface area (Å²) in [7, 11) is 2.13. The fourth-order valence-corrected chi connectivity index (χ4v) is 2.73. The molecule has 0 spiro atoms. The van der Waals surface area contributed by atoms with E-state index in [9.17, 15) is 4.79 Å². The van der Waals surface area contributed by atoms with Gasteiger partial charge in [0.2, 0.25) is 0 Å². The maximum absolute atomic E-state index is 10.8. The van der Waals surface area contributed by atoms with Gasteiger partial charge in [-0.15, -0.1) is 0 Å². The Bertz CT molecular complexity index is 408. The van der Waals surface area contributed by atoms with Gasteiger partial charge in [0.15, 0.2) is 0 Å². The van der Waals surface area contributed by atoms with Crippen LogP contribution in [0, 0.1) is 0 Å². The standard InChI is InChI=1S/C15H22N2O2/c1-16(10-13-6-3-2-4-7-13)14-8-5-9-17(11-14)12-15(18)19/h2-4,6-7,14H,5,8-12H2,1H3,(H,18,19)/t14-/m1/s1. The summed E-state index contributed by atoms with van der Waals surface area (Å²) in [6.45, 7) is 2.85. The third-order valence-corrected chi connectivity index (χ3v) is 3.74. The van der Waals surface area contributed by atoms with Crippen LogP contribution in [0.3, 0.4) is 0 Å². The molecule has 104 valence electrons. The van der Waals surface area contributed by atoms with Crippen molar-refractivity contribution in [1.29, 1.82) is 0 Å². The number of carboxylic acid groups (broad SMARTS) is 1. The summed E-state index contributed by atoms with van der Waals surface area (Å²) >= 11 is 0. The van der Waals surface area contributed by atoms with E-state index in [0.29, 0.717) is 6.04 Å². The maximum atomic E-state index is 10.8. The van der Waals surface area contributed by atoms with Gasteiger partial charge in [0.25, 0.3) is 0 Å². The SMILES string of the molecule is CN(Cc1ccccc1)[C@@H]1CCCN(CC(=O)O)C1. The molecule has 4 heteroatoms. The highest BCUT2D eigenvalue weighted by atomic mass is 16.4. The lowest BCUT2D eigenvalue weighted by Crippen LogP contribution is -2.47. The molecule has 0 saturated carbocycles. The van der Waals surface area contributed by atoms with Crippen molar-refractivity contribution in [1.82, 2.24) is 9.80 Å². The highest BCUT2D eigenvalue weighted by molar-refractivity contribution is 5.69. The van der Waals surface area contributed by atoms with Gasteiger partial charge >= 0.3 is 5.97 Å². The van der Waals surface area contributed by atoms with E-state index in [1.165, 1.54) is 5.56 Å². The van der Waals surface area contributed by atoms with Gasteiger partial charge < -0.3 is 5.11 Å². The summed E-state index contributed by atoms with van der Waals surface area (Å²) in [5.74, 6) is -0.730. The van der Waals surface area contributed by atoms with Crippen LogP contribution in [0.1, 0.15) is 18.4 Å². The Morgan fingerprint density at radius 3 is 2.84 bits per heavy atom. The number of hydrogen-bond acceptors (Lipinski definition) is 3. The van der Waals surface area contributed by atoms with Crippen molar-refractivity contribution < 1.29 is 9.90 Å². The number of hydrogen-bond donors (Lipinski definition) is 1. The number of carboxylic acids is 1. The second-order valence-corrected chi connectivity index (χ2v) is 5.33. The van der Waals surface area contributed by atoms with Gasteiger partial charge in [0, 0.05) is 19.1 Å². The molecule has 1 N–H and O–H groups in total. The molecule has 19 heavy (non-hydrogen) atoms. The van der Waals surface area contributed by atoms with Crippen LogP contribution in [-0.4, -0.2) is 53.6 Å². The molecule has 0 unspecified atom stereocenters. The smallest absolute Gasteiger partial charge is 0.317 e. The van der Waals surface area contributed by atoms with E-state index in [2.05, 4.69) is 36.2 Å².